The third-order valence-corrected chi connectivity index (χ3v) is 3.01. The Morgan fingerprint density at radius 3 is 3.07 bits per heavy atom. The fraction of sp³-hybridized carbons (Fsp3) is 0.500. The van der Waals surface area contributed by atoms with Crippen molar-refractivity contribution in [3.05, 3.63) is 17.8 Å². The van der Waals surface area contributed by atoms with Crippen LogP contribution < -0.4 is 11.1 Å². The van der Waals surface area contributed by atoms with Gasteiger partial charge in [-0.15, -0.1) is 5.10 Å². The molecular weight excluding hydrogens is 208 g/mol. The molecule has 1 fully saturated rings. The molecule has 0 saturated heterocycles. The number of hydrogen-bond donors (Lipinski definition) is 2. The summed E-state index contributed by atoms with van der Waals surface area (Å²) in [5, 5.41) is 11.1. The molecule has 15 heavy (non-hydrogen) atoms. The van der Waals surface area contributed by atoms with Gasteiger partial charge in [0.25, 0.3) is 0 Å². The lowest BCUT2D eigenvalue weighted by Gasteiger charge is -2.07. The highest BCUT2D eigenvalue weighted by Gasteiger charge is 2.32. The molecule has 4 nitrogen and oxygen atoms in total. The lowest BCUT2D eigenvalue weighted by atomic mass is 10.2. The Hall–Kier alpha value is -1.23. The third kappa shape index (κ3) is 2.41. The van der Waals surface area contributed by atoms with Gasteiger partial charge in [-0.1, -0.05) is 19.1 Å². The van der Waals surface area contributed by atoms with Crippen LogP contribution in [0.15, 0.2) is 12.3 Å². The first-order valence-corrected chi connectivity index (χ1v) is 5.44. The fourth-order valence-corrected chi connectivity index (χ4v) is 1.74. The lowest BCUT2D eigenvalue weighted by Crippen LogP contribution is -2.16. The highest BCUT2D eigenvalue weighted by Crippen LogP contribution is 2.37. The molecule has 1 heterocycles. The standard InChI is InChI=1S/C10H14N4S/c1-6-4-7(6)5-12-10-8(9(11)15)2-3-13-14-10/h2-3,6-7H,4-5H2,1H3,(H2,11,15)(H,12,14). The van der Waals surface area contributed by atoms with Crippen molar-refractivity contribution in [1.29, 1.82) is 0 Å². The van der Waals surface area contributed by atoms with Gasteiger partial charge in [-0.3, -0.25) is 0 Å². The lowest BCUT2D eigenvalue weighted by molar-refractivity contribution is 0.781. The smallest absolute Gasteiger partial charge is 0.158 e. The van der Waals surface area contributed by atoms with E-state index in [9.17, 15) is 0 Å². The van der Waals surface area contributed by atoms with Crippen molar-refractivity contribution >= 4 is 23.0 Å². The van der Waals surface area contributed by atoms with Crippen molar-refractivity contribution in [2.75, 3.05) is 11.9 Å². The van der Waals surface area contributed by atoms with E-state index >= 15 is 0 Å². The summed E-state index contributed by atoms with van der Waals surface area (Å²) < 4.78 is 0. The van der Waals surface area contributed by atoms with Crippen molar-refractivity contribution in [3.63, 3.8) is 0 Å². The highest BCUT2D eigenvalue weighted by atomic mass is 32.1. The quantitative estimate of drug-likeness (QED) is 0.749. The van der Waals surface area contributed by atoms with Crippen molar-refractivity contribution in [2.45, 2.75) is 13.3 Å². The first kappa shape index (κ1) is 10.3. The molecule has 80 valence electrons. The molecule has 0 aromatic carbocycles. The molecule has 1 aliphatic rings. The van der Waals surface area contributed by atoms with Gasteiger partial charge in [0.2, 0.25) is 0 Å². The van der Waals surface area contributed by atoms with E-state index in [0.717, 1.165) is 23.9 Å². The van der Waals surface area contributed by atoms with Crippen LogP contribution in [-0.4, -0.2) is 21.7 Å². The topological polar surface area (TPSA) is 63.8 Å². The molecule has 1 aromatic rings. The Bertz CT molecular complexity index is 379. The van der Waals surface area contributed by atoms with E-state index < -0.39 is 0 Å². The zero-order valence-electron chi connectivity index (χ0n) is 8.60. The van der Waals surface area contributed by atoms with Gasteiger partial charge < -0.3 is 11.1 Å². The maximum Gasteiger partial charge on any atom is 0.158 e. The second-order valence-electron chi connectivity index (χ2n) is 4.01. The second kappa shape index (κ2) is 4.10. The zero-order valence-corrected chi connectivity index (χ0v) is 9.42. The Kier molecular flexibility index (Phi) is 2.81. The van der Waals surface area contributed by atoms with E-state index in [1.165, 1.54) is 6.42 Å². The van der Waals surface area contributed by atoms with Crippen LogP contribution in [0.3, 0.4) is 0 Å². The molecule has 5 heteroatoms. The molecule has 2 unspecified atom stereocenters. The highest BCUT2D eigenvalue weighted by molar-refractivity contribution is 7.80. The number of anilines is 1. The third-order valence-electron chi connectivity index (χ3n) is 2.79. The minimum absolute atomic E-state index is 0.358. The predicted octanol–water partition coefficient (Wildman–Crippen LogP) is 1.18. The van der Waals surface area contributed by atoms with Crippen LogP contribution in [0.5, 0.6) is 0 Å². The molecule has 2 rings (SSSR count). The summed E-state index contributed by atoms with van der Waals surface area (Å²) in [7, 11) is 0. The van der Waals surface area contributed by atoms with Crippen molar-refractivity contribution in [2.24, 2.45) is 17.6 Å². The molecule has 1 saturated carbocycles. The molecule has 0 aliphatic heterocycles. The number of nitrogens with one attached hydrogen (secondary N) is 1. The molecule has 1 aliphatic carbocycles. The van der Waals surface area contributed by atoms with Gasteiger partial charge in [-0.25, -0.2) is 0 Å². The fourth-order valence-electron chi connectivity index (χ4n) is 1.57. The molecule has 0 bridgehead atoms. The van der Waals surface area contributed by atoms with Gasteiger partial charge in [0, 0.05) is 6.54 Å². The van der Waals surface area contributed by atoms with Crippen LogP contribution in [0, 0.1) is 11.8 Å². The largest absolute Gasteiger partial charge is 0.389 e. The molecule has 2 atom stereocenters. The number of nitrogens with zero attached hydrogens (tertiary/aromatic N) is 2. The zero-order chi connectivity index (χ0) is 10.8. The van der Waals surface area contributed by atoms with E-state index in [1.54, 1.807) is 12.3 Å². The number of aromatic nitrogens is 2. The van der Waals surface area contributed by atoms with E-state index in [0.29, 0.717) is 10.8 Å². The van der Waals surface area contributed by atoms with E-state index in [1.807, 2.05) is 0 Å². The Morgan fingerprint density at radius 2 is 2.47 bits per heavy atom. The minimum atomic E-state index is 0.358. The van der Waals surface area contributed by atoms with Gasteiger partial charge in [-0.2, -0.15) is 5.10 Å². The predicted molar refractivity (Wildman–Crippen MR) is 63.7 cm³/mol. The van der Waals surface area contributed by atoms with Crippen LogP contribution in [0.2, 0.25) is 0 Å². The van der Waals surface area contributed by atoms with Gasteiger partial charge >= 0.3 is 0 Å². The SMILES string of the molecule is CC1CC1CNc1nnccc1C(N)=S. The Labute approximate surface area is 94.3 Å². The minimum Gasteiger partial charge on any atom is -0.389 e. The van der Waals surface area contributed by atoms with Crippen LogP contribution in [0.1, 0.15) is 18.9 Å². The van der Waals surface area contributed by atoms with Crippen molar-refractivity contribution in [3.8, 4) is 0 Å². The summed E-state index contributed by atoms with van der Waals surface area (Å²) in [5.74, 6) is 2.28. The van der Waals surface area contributed by atoms with Gasteiger partial charge in [-0.05, 0) is 24.3 Å². The summed E-state index contributed by atoms with van der Waals surface area (Å²) >= 11 is 4.94. The van der Waals surface area contributed by atoms with Crippen LogP contribution in [-0.2, 0) is 0 Å². The maximum atomic E-state index is 5.59. The Morgan fingerprint density at radius 1 is 1.73 bits per heavy atom. The Balaban J connectivity index is 2.03. The van der Waals surface area contributed by atoms with E-state index in [2.05, 4.69) is 22.4 Å². The normalized spacial score (nSPS) is 23.5. The average molecular weight is 222 g/mol. The van der Waals surface area contributed by atoms with Crippen LogP contribution in [0.25, 0.3) is 0 Å². The average Bonchev–Trinajstić information content (AvgIpc) is 2.92. The molecule has 3 N–H and O–H groups in total. The number of rotatable bonds is 4. The molecule has 0 radical (unpaired) electrons. The number of hydrogen-bond acceptors (Lipinski definition) is 4. The van der Waals surface area contributed by atoms with Crippen molar-refractivity contribution < 1.29 is 0 Å². The molecule has 1 aromatic heterocycles. The maximum absolute atomic E-state index is 5.59. The summed E-state index contributed by atoms with van der Waals surface area (Å²) in [6.07, 6.45) is 2.88. The first-order valence-electron chi connectivity index (χ1n) is 5.04. The van der Waals surface area contributed by atoms with E-state index in [-0.39, 0.29) is 0 Å². The number of thiocarbonyl (C=S) groups is 1. The van der Waals surface area contributed by atoms with Crippen LogP contribution in [0.4, 0.5) is 5.82 Å². The van der Waals surface area contributed by atoms with E-state index in [4.69, 9.17) is 18.0 Å². The van der Waals surface area contributed by atoms with Gasteiger partial charge in [0.15, 0.2) is 5.82 Å². The van der Waals surface area contributed by atoms with Gasteiger partial charge in [0.1, 0.15) is 4.99 Å². The van der Waals surface area contributed by atoms with Crippen molar-refractivity contribution in [1.82, 2.24) is 10.2 Å². The molecule has 0 spiro atoms. The van der Waals surface area contributed by atoms with Gasteiger partial charge in [0.05, 0.1) is 11.8 Å². The summed E-state index contributed by atoms with van der Waals surface area (Å²) in [4.78, 5) is 0.358. The monoisotopic (exact) mass is 222 g/mol. The summed E-state index contributed by atoms with van der Waals surface area (Å²) in [6.45, 7) is 3.17. The molecule has 0 amide bonds. The summed E-state index contributed by atoms with van der Waals surface area (Å²) in [5.41, 5.74) is 6.36. The second-order valence-corrected chi connectivity index (χ2v) is 4.45. The first-order chi connectivity index (χ1) is 7.18. The number of nitrogens with two attached hydrogens (primary N) is 1. The van der Waals surface area contributed by atoms with Crippen LogP contribution >= 0.6 is 12.2 Å². The molecular formula is C10H14N4S. The summed E-state index contributed by atoms with van der Waals surface area (Å²) in [6, 6.07) is 1.79.